The Morgan fingerprint density at radius 2 is 1.83 bits per heavy atom. The highest BCUT2D eigenvalue weighted by molar-refractivity contribution is 6.30. The van der Waals surface area contributed by atoms with Crippen molar-refractivity contribution in [2.75, 3.05) is 44.2 Å². The molecule has 0 radical (unpaired) electrons. The fraction of sp³-hybridized carbons (Fsp3) is 0.346. The van der Waals surface area contributed by atoms with Crippen LogP contribution in [-0.2, 0) is 0 Å². The van der Waals surface area contributed by atoms with Gasteiger partial charge in [0, 0.05) is 60.9 Å². The second-order valence-electron chi connectivity index (χ2n) is 8.98. The molecule has 0 spiro atoms. The molecule has 1 saturated heterocycles. The summed E-state index contributed by atoms with van der Waals surface area (Å²) >= 11 is 6.18. The fourth-order valence-corrected chi connectivity index (χ4v) is 4.65. The second kappa shape index (κ2) is 9.71. The Hall–Kier alpha value is -3.36. The van der Waals surface area contributed by atoms with E-state index < -0.39 is 0 Å². The van der Waals surface area contributed by atoms with Crippen LogP contribution < -0.4 is 10.2 Å². The monoisotopic (exact) mass is 493 g/mol. The number of carbonyl (C=O) groups excluding carboxylic acids is 1. The summed E-state index contributed by atoms with van der Waals surface area (Å²) in [6, 6.07) is 12.0. The van der Waals surface area contributed by atoms with E-state index in [1.165, 1.54) is 11.3 Å². The van der Waals surface area contributed by atoms with Crippen molar-refractivity contribution in [3.63, 3.8) is 0 Å². The molecule has 5 rings (SSSR count). The molecule has 182 valence electrons. The summed E-state index contributed by atoms with van der Waals surface area (Å²) in [5, 5.41) is 12.6. The van der Waals surface area contributed by atoms with Crippen molar-refractivity contribution in [3.05, 3.63) is 64.0 Å². The smallest absolute Gasteiger partial charge is 0.308 e. The predicted molar refractivity (Wildman–Crippen MR) is 136 cm³/mol. The first-order chi connectivity index (χ1) is 16.9. The number of rotatable bonds is 6. The molecule has 0 aliphatic carbocycles. The molecule has 2 aromatic heterocycles. The van der Waals surface area contributed by atoms with Gasteiger partial charge in [-0.1, -0.05) is 29.3 Å². The molecule has 35 heavy (non-hydrogen) atoms. The molecule has 0 unspecified atom stereocenters. The van der Waals surface area contributed by atoms with Crippen LogP contribution in [0.25, 0.3) is 22.6 Å². The minimum absolute atomic E-state index is 0.0720. The third-order valence-electron chi connectivity index (χ3n) is 6.50. The highest BCUT2D eigenvalue weighted by Crippen LogP contribution is 2.32. The van der Waals surface area contributed by atoms with Crippen molar-refractivity contribution in [1.29, 1.82) is 0 Å². The van der Waals surface area contributed by atoms with Gasteiger partial charge in [0.2, 0.25) is 0 Å². The van der Waals surface area contributed by atoms with Crippen molar-refractivity contribution in [2.24, 2.45) is 0 Å². The number of anilines is 1. The first kappa shape index (κ1) is 23.4. The Bertz CT molecular complexity index is 1370. The van der Waals surface area contributed by atoms with E-state index in [2.05, 4.69) is 44.4 Å². The van der Waals surface area contributed by atoms with Crippen LogP contribution in [0, 0.1) is 20.8 Å². The van der Waals surface area contributed by atoms with Crippen LogP contribution in [0.2, 0.25) is 5.02 Å². The average molecular weight is 494 g/mol. The second-order valence-corrected chi connectivity index (χ2v) is 9.42. The van der Waals surface area contributed by atoms with Gasteiger partial charge in [-0.15, -0.1) is 10.2 Å². The van der Waals surface area contributed by atoms with Crippen molar-refractivity contribution in [2.45, 2.75) is 20.8 Å². The van der Waals surface area contributed by atoms with E-state index in [4.69, 9.17) is 20.4 Å². The number of furan rings is 1. The van der Waals surface area contributed by atoms with E-state index >= 15 is 0 Å². The molecule has 1 aliphatic heterocycles. The standard InChI is InChI=1S/C26H28ClN5O3/c1-16-4-7-22-20(14-16)18(3)23(34-22)25-29-30-26(35-25)24(33)28-8-9-31-10-12-32(13-11-31)21-15-19(27)6-5-17(21)2/h4-7,14-15H,8-13H2,1-3H3,(H,28,33). The van der Waals surface area contributed by atoms with Crippen molar-refractivity contribution in [1.82, 2.24) is 20.4 Å². The van der Waals surface area contributed by atoms with Crippen LogP contribution >= 0.6 is 11.6 Å². The van der Waals surface area contributed by atoms with Gasteiger partial charge in [-0.3, -0.25) is 9.69 Å². The van der Waals surface area contributed by atoms with Crippen LogP contribution in [0.5, 0.6) is 0 Å². The molecule has 0 bridgehead atoms. The zero-order valence-corrected chi connectivity index (χ0v) is 20.9. The van der Waals surface area contributed by atoms with Crippen LogP contribution in [0.3, 0.4) is 0 Å². The number of hydrogen-bond acceptors (Lipinski definition) is 7. The molecule has 1 amide bonds. The number of halogens is 1. The highest BCUT2D eigenvalue weighted by Gasteiger charge is 2.22. The quantitative estimate of drug-likeness (QED) is 0.419. The molecule has 0 saturated carbocycles. The zero-order valence-electron chi connectivity index (χ0n) is 20.1. The number of nitrogens with zero attached hydrogens (tertiary/aromatic N) is 4. The van der Waals surface area contributed by atoms with Crippen LogP contribution in [0.15, 0.2) is 45.2 Å². The van der Waals surface area contributed by atoms with E-state index in [9.17, 15) is 4.79 Å². The Kier molecular flexibility index (Phi) is 6.49. The summed E-state index contributed by atoms with van der Waals surface area (Å²) in [5.74, 6) is 0.234. The normalized spacial score (nSPS) is 14.6. The Morgan fingerprint density at radius 3 is 2.63 bits per heavy atom. The largest absolute Gasteiger partial charge is 0.451 e. The number of amides is 1. The lowest BCUT2D eigenvalue weighted by Crippen LogP contribution is -2.48. The van der Waals surface area contributed by atoms with Gasteiger partial charge in [0.15, 0.2) is 5.76 Å². The van der Waals surface area contributed by atoms with E-state index in [-0.39, 0.29) is 17.7 Å². The SMILES string of the molecule is Cc1ccc2oc(-c3nnc(C(=O)NCCN4CCN(c5cc(Cl)ccc5C)CC4)o3)c(C)c2c1. The van der Waals surface area contributed by atoms with Gasteiger partial charge in [0.25, 0.3) is 5.89 Å². The summed E-state index contributed by atoms with van der Waals surface area (Å²) in [7, 11) is 0. The topological polar surface area (TPSA) is 87.6 Å². The maximum atomic E-state index is 12.6. The van der Waals surface area contributed by atoms with Gasteiger partial charge in [-0.05, 0) is 50.6 Å². The predicted octanol–water partition coefficient (Wildman–Crippen LogP) is 4.61. The zero-order chi connectivity index (χ0) is 24.5. The number of carbonyl (C=O) groups is 1. The molecule has 0 atom stereocenters. The molecular formula is C26H28ClN5O3. The van der Waals surface area contributed by atoms with E-state index in [1.54, 1.807) is 0 Å². The van der Waals surface area contributed by atoms with E-state index in [0.29, 0.717) is 12.3 Å². The molecule has 1 fully saturated rings. The van der Waals surface area contributed by atoms with Gasteiger partial charge in [0.1, 0.15) is 5.58 Å². The lowest BCUT2D eigenvalue weighted by atomic mass is 10.1. The number of hydrogen-bond donors (Lipinski definition) is 1. The van der Waals surface area contributed by atoms with Gasteiger partial charge in [-0.2, -0.15) is 0 Å². The van der Waals surface area contributed by atoms with Crippen molar-refractivity contribution in [3.8, 4) is 11.7 Å². The minimum atomic E-state index is -0.387. The number of nitrogens with one attached hydrogen (secondary N) is 1. The third-order valence-corrected chi connectivity index (χ3v) is 6.74. The summed E-state index contributed by atoms with van der Waals surface area (Å²) in [5.41, 5.74) is 5.21. The van der Waals surface area contributed by atoms with Crippen LogP contribution in [0.1, 0.15) is 27.4 Å². The van der Waals surface area contributed by atoms with Crippen LogP contribution in [0.4, 0.5) is 5.69 Å². The van der Waals surface area contributed by atoms with Gasteiger partial charge >= 0.3 is 11.8 Å². The molecular weight excluding hydrogens is 466 g/mol. The number of aryl methyl sites for hydroxylation is 3. The van der Waals surface area contributed by atoms with E-state index in [0.717, 1.165) is 59.8 Å². The summed E-state index contributed by atoms with van der Waals surface area (Å²) in [6.45, 7) is 11.0. The highest BCUT2D eigenvalue weighted by atomic mass is 35.5. The molecule has 2 aromatic carbocycles. The van der Waals surface area contributed by atoms with E-state index in [1.807, 2.05) is 38.1 Å². The third kappa shape index (κ3) is 4.90. The van der Waals surface area contributed by atoms with Gasteiger partial charge in [0.05, 0.1) is 0 Å². The Morgan fingerprint density at radius 1 is 1.03 bits per heavy atom. The average Bonchev–Trinajstić information content (AvgIpc) is 3.46. The molecule has 3 heterocycles. The first-order valence-corrected chi connectivity index (χ1v) is 12.1. The lowest BCUT2D eigenvalue weighted by Gasteiger charge is -2.36. The molecule has 1 aliphatic rings. The summed E-state index contributed by atoms with van der Waals surface area (Å²) in [6.07, 6.45) is 0. The lowest BCUT2D eigenvalue weighted by molar-refractivity contribution is 0.0913. The maximum Gasteiger partial charge on any atom is 0.308 e. The Labute approximate surface area is 208 Å². The summed E-state index contributed by atoms with van der Waals surface area (Å²) < 4.78 is 11.5. The van der Waals surface area contributed by atoms with Gasteiger partial charge in [-0.25, -0.2) is 0 Å². The molecule has 1 N–H and O–H groups in total. The fourth-order valence-electron chi connectivity index (χ4n) is 4.48. The number of benzene rings is 2. The minimum Gasteiger partial charge on any atom is -0.451 e. The molecule has 8 nitrogen and oxygen atoms in total. The maximum absolute atomic E-state index is 12.6. The van der Waals surface area contributed by atoms with Crippen molar-refractivity contribution < 1.29 is 13.6 Å². The number of fused-ring (bicyclic) bond motifs is 1. The molecule has 9 heteroatoms. The molecule has 4 aromatic rings. The summed E-state index contributed by atoms with van der Waals surface area (Å²) in [4.78, 5) is 17.2. The van der Waals surface area contributed by atoms with Crippen LogP contribution in [-0.4, -0.2) is 60.3 Å². The first-order valence-electron chi connectivity index (χ1n) is 11.7. The number of piperazine rings is 1. The van der Waals surface area contributed by atoms with Crippen molar-refractivity contribution >= 4 is 34.2 Å². The Balaban J connectivity index is 1.14. The van der Waals surface area contributed by atoms with Gasteiger partial charge < -0.3 is 19.1 Å². The number of aromatic nitrogens is 2.